The number of nitrogen functional groups attached to an aromatic ring is 1. The van der Waals surface area contributed by atoms with E-state index in [9.17, 15) is 0 Å². The van der Waals surface area contributed by atoms with Gasteiger partial charge >= 0.3 is 0 Å². The molecule has 0 spiro atoms. The molecule has 2 N–H and O–H groups in total. The van der Waals surface area contributed by atoms with E-state index in [0.717, 1.165) is 31.9 Å². The van der Waals surface area contributed by atoms with E-state index in [4.69, 9.17) is 5.73 Å². The molecule has 1 aliphatic rings. The summed E-state index contributed by atoms with van der Waals surface area (Å²) in [6.45, 7) is 8.90. The van der Waals surface area contributed by atoms with Gasteiger partial charge in [0.2, 0.25) is 0 Å². The summed E-state index contributed by atoms with van der Waals surface area (Å²) in [6.07, 6.45) is 0. The predicted octanol–water partition coefficient (Wildman–Crippen LogP) is 1.79. The van der Waals surface area contributed by atoms with Crippen LogP contribution < -0.4 is 5.73 Å². The fourth-order valence-corrected chi connectivity index (χ4v) is 2.40. The van der Waals surface area contributed by atoms with Gasteiger partial charge in [-0.15, -0.1) is 0 Å². The van der Waals surface area contributed by atoms with E-state index >= 15 is 0 Å². The van der Waals surface area contributed by atoms with Crippen LogP contribution in [0.2, 0.25) is 0 Å². The first kappa shape index (κ1) is 12.4. The van der Waals surface area contributed by atoms with Gasteiger partial charge in [0, 0.05) is 37.4 Å². The van der Waals surface area contributed by atoms with Crippen LogP contribution >= 0.6 is 0 Å². The highest BCUT2D eigenvalue weighted by molar-refractivity contribution is 5.46. The molecule has 17 heavy (non-hydrogen) atoms. The highest BCUT2D eigenvalue weighted by Gasteiger charge is 2.30. The zero-order valence-corrected chi connectivity index (χ0v) is 11.1. The Morgan fingerprint density at radius 3 is 2.59 bits per heavy atom. The Balaban J connectivity index is 2.04. The second-order valence-corrected chi connectivity index (χ2v) is 5.64. The maximum atomic E-state index is 6.00. The van der Waals surface area contributed by atoms with Crippen molar-refractivity contribution in [2.45, 2.75) is 25.9 Å². The minimum absolute atomic E-state index is 0.252. The number of piperazine rings is 1. The average molecular weight is 233 g/mol. The minimum Gasteiger partial charge on any atom is -0.398 e. The number of nitrogens with two attached hydrogens (primary N) is 1. The van der Waals surface area contributed by atoms with Gasteiger partial charge in [0.1, 0.15) is 0 Å². The monoisotopic (exact) mass is 233 g/mol. The number of benzene rings is 1. The van der Waals surface area contributed by atoms with Gasteiger partial charge < -0.3 is 5.73 Å². The molecule has 94 valence electrons. The van der Waals surface area contributed by atoms with Gasteiger partial charge in [-0.05, 0) is 32.5 Å². The SMILES string of the molecule is CN1CCN(Cc2ccccc2N)CC1(C)C. The topological polar surface area (TPSA) is 32.5 Å². The first-order chi connectivity index (χ1) is 7.99. The third-order valence-corrected chi connectivity index (χ3v) is 3.84. The molecule has 0 amide bonds. The van der Waals surface area contributed by atoms with E-state index in [-0.39, 0.29) is 5.54 Å². The number of hydrogen-bond donors (Lipinski definition) is 1. The maximum absolute atomic E-state index is 6.00. The molecule has 3 heteroatoms. The minimum atomic E-state index is 0.252. The molecule has 0 unspecified atom stereocenters. The van der Waals surface area contributed by atoms with Crippen LogP contribution in [0.4, 0.5) is 5.69 Å². The fraction of sp³-hybridized carbons (Fsp3) is 0.571. The second-order valence-electron chi connectivity index (χ2n) is 5.64. The van der Waals surface area contributed by atoms with Gasteiger partial charge in [0.25, 0.3) is 0 Å². The van der Waals surface area contributed by atoms with Crippen LogP contribution in [0.1, 0.15) is 19.4 Å². The number of para-hydroxylation sites is 1. The highest BCUT2D eigenvalue weighted by atomic mass is 15.3. The third kappa shape index (κ3) is 2.79. The molecule has 3 nitrogen and oxygen atoms in total. The molecule has 0 radical (unpaired) electrons. The van der Waals surface area contributed by atoms with Crippen LogP contribution in [0.5, 0.6) is 0 Å². The lowest BCUT2D eigenvalue weighted by atomic mass is 9.99. The first-order valence-corrected chi connectivity index (χ1v) is 6.26. The lowest BCUT2D eigenvalue weighted by Gasteiger charge is -2.45. The second kappa shape index (κ2) is 4.67. The Hall–Kier alpha value is -1.06. The number of nitrogens with zero attached hydrogens (tertiary/aromatic N) is 2. The molecule has 0 aromatic heterocycles. The third-order valence-electron chi connectivity index (χ3n) is 3.84. The summed E-state index contributed by atoms with van der Waals surface area (Å²) >= 11 is 0. The van der Waals surface area contributed by atoms with E-state index in [1.165, 1.54) is 5.56 Å². The van der Waals surface area contributed by atoms with Crippen molar-refractivity contribution in [1.82, 2.24) is 9.80 Å². The van der Waals surface area contributed by atoms with Crippen molar-refractivity contribution in [3.05, 3.63) is 29.8 Å². The van der Waals surface area contributed by atoms with Crippen LogP contribution in [-0.2, 0) is 6.54 Å². The molecular formula is C14H23N3. The number of likely N-dealkylation sites (N-methyl/N-ethyl adjacent to an activating group) is 1. The van der Waals surface area contributed by atoms with Crippen LogP contribution in [0, 0.1) is 0 Å². The van der Waals surface area contributed by atoms with Crippen molar-refractivity contribution in [2.24, 2.45) is 0 Å². The largest absolute Gasteiger partial charge is 0.398 e. The van der Waals surface area contributed by atoms with Crippen molar-refractivity contribution in [3.8, 4) is 0 Å². The van der Waals surface area contributed by atoms with Crippen LogP contribution in [0.25, 0.3) is 0 Å². The number of hydrogen-bond acceptors (Lipinski definition) is 3. The van der Waals surface area contributed by atoms with Crippen molar-refractivity contribution in [1.29, 1.82) is 0 Å². The molecule has 0 bridgehead atoms. The van der Waals surface area contributed by atoms with Gasteiger partial charge in [-0.2, -0.15) is 0 Å². The van der Waals surface area contributed by atoms with Crippen molar-refractivity contribution < 1.29 is 0 Å². The Bertz CT molecular complexity index is 387. The highest BCUT2D eigenvalue weighted by Crippen LogP contribution is 2.21. The van der Waals surface area contributed by atoms with Crippen LogP contribution in [0.15, 0.2) is 24.3 Å². The maximum Gasteiger partial charge on any atom is 0.0359 e. The lowest BCUT2D eigenvalue weighted by molar-refractivity contribution is 0.0361. The Morgan fingerprint density at radius 2 is 1.94 bits per heavy atom. The standard InChI is InChI=1S/C14H23N3/c1-14(2)11-17(9-8-16(14)3)10-12-6-4-5-7-13(12)15/h4-7H,8-11,15H2,1-3H3. The van der Waals surface area contributed by atoms with E-state index in [1.54, 1.807) is 0 Å². The summed E-state index contributed by atoms with van der Waals surface area (Å²) in [4.78, 5) is 4.92. The predicted molar refractivity (Wildman–Crippen MR) is 72.8 cm³/mol. The summed E-state index contributed by atoms with van der Waals surface area (Å²) in [5, 5.41) is 0. The van der Waals surface area contributed by atoms with Crippen LogP contribution in [-0.4, -0.2) is 42.0 Å². The smallest absolute Gasteiger partial charge is 0.0359 e. The summed E-state index contributed by atoms with van der Waals surface area (Å²) in [5.41, 5.74) is 8.40. The molecule has 2 rings (SSSR count). The zero-order valence-electron chi connectivity index (χ0n) is 11.1. The average Bonchev–Trinajstić information content (AvgIpc) is 2.26. The van der Waals surface area contributed by atoms with E-state index in [1.807, 2.05) is 12.1 Å². The summed E-state index contributed by atoms with van der Waals surface area (Å²) in [7, 11) is 2.20. The van der Waals surface area contributed by atoms with Gasteiger partial charge in [-0.3, -0.25) is 9.80 Å². The van der Waals surface area contributed by atoms with Crippen molar-refractivity contribution in [3.63, 3.8) is 0 Å². The molecule has 1 heterocycles. The Kier molecular flexibility index (Phi) is 3.40. The lowest BCUT2D eigenvalue weighted by Crippen LogP contribution is -2.57. The quantitative estimate of drug-likeness (QED) is 0.791. The van der Waals surface area contributed by atoms with Gasteiger partial charge in [-0.1, -0.05) is 18.2 Å². The Labute approximate surface area is 104 Å². The molecule has 1 fully saturated rings. The molecule has 1 aliphatic heterocycles. The summed E-state index contributed by atoms with van der Waals surface area (Å²) < 4.78 is 0. The van der Waals surface area contributed by atoms with Crippen LogP contribution in [0.3, 0.4) is 0 Å². The molecular weight excluding hydrogens is 210 g/mol. The van der Waals surface area contributed by atoms with E-state index in [0.29, 0.717) is 0 Å². The summed E-state index contributed by atoms with van der Waals surface area (Å²) in [5.74, 6) is 0. The zero-order chi connectivity index (χ0) is 12.5. The number of rotatable bonds is 2. The van der Waals surface area contributed by atoms with Gasteiger partial charge in [0.05, 0.1) is 0 Å². The fourth-order valence-electron chi connectivity index (χ4n) is 2.40. The first-order valence-electron chi connectivity index (χ1n) is 6.26. The molecule has 0 saturated carbocycles. The molecule has 0 aliphatic carbocycles. The summed E-state index contributed by atoms with van der Waals surface area (Å²) in [6, 6.07) is 8.16. The Morgan fingerprint density at radius 1 is 1.24 bits per heavy atom. The van der Waals surface area contributed by atoms with Crippen molar-refractivity contribution >= 4 is 5.69 Å². The van der Waals surface area contributed by atoms with E-state index < -0.39 is 0 Å². The molecule has 0 atom stereocenters. The van der Waals surface area contributed by atoms with Gasteiger partial charge in [-0.25, -0.2) is 0 Å². The molecule has 1 aromatic rings. The van der Waals surface area contributed by atoms with E-state index in [2.05, 4.69) is 42.8 Å². The molecule has 1 aromatic carbocycles. The van der Waals surface area contributed by atoms with Crippen molar-refractivity contribution in [2.75, 3.05) is 32.4 Å². The normalized spacial score (nSPS) is 21.6. The number of anilines is 1. The van der Waals surface area contributed by atoms with Gasteiger partial charge in [0.15, 0.2) is 0 Å². The molecule has 1 saturated heterocycles.